The number of likely N-dealkylation sites (tertiary alicyclic amines) is 1. The first-order chi connectivity index (χ1) is 10.6. The van der Waals surface area contributed by atoms with E-state index in [0.717, 1.165) is 57.9 Å². The number of hydrogen-bond donors (Lipinski definition) is 1. The zero-order valence-corrected chi connectivity index (χ0v) is 14.2. The van der Waals surface area contributed by atoms with Crippen LogP contribution in [0.4, 0.5) is 0 Å². The highest BCUT2D eigenvalue weighted by Gasteiger charge is 2.28. The third-order valence-electron chi connectivity index (χ3n) is 4.59. The number of aliphatic hydroxyl groups excluding tert-OH is 1. The summed E-state index contributed by atoms with van der Waals surface area (Å²) in [4.78, 5) is 6.71. The van der Waals surface area contributed by atoms with Gasteiger partial charge in [-0.15, -0.1) is 0 Å². The molecule has 22 heavy (non-hydrogen) atoms. The van der Waals surface area contributed by atoms with Gasteiger partial charge in [-0.1, -0.05) is 13.8 Å². The molecule has 0 aromatic carbocycles. The minimum Gasteiger partial charge on any atom is -0.385 e. The maximum atomic E-state index is 10.5. The Morgan fingerprint density at radius 1 is 1.32 bits per heavy atom. The monoisotopic (exact) mass is 309 g/mol. The van der Waals surface area contributed by atoms with E-state index >= 15 is 0 Å². The fourth-order valence-corrected chi connectivity index (χ4v) is 2.98. The highest BCUT2D eigenvalue weighted by atomic mass is 16.5. The molecule has 1 aromatic rings. The van der Waals surface area contributed by atoms with E-state index in [9.17, 15) is 5.11 Å². The van der Waals surface area contributed by atoms with E-state index < -0.39 is 6.10 Å². The van der Waals surface area contributed by atoms with Crippen molar-refractivity contribution >= 4 is 0 Å². The molecular weight excluding hydrogens is 278 g/mol. The van der Waals surface area contributed by atoms with Crippen molar-refractivity contribution in [2.24, 2.45) is 18.9 Å². The average molecular weight is 309 g/mol. The van der Waals surface area contributed by atoms with Gasteiger partial charge in [0, 0.05) is 32.6 Å². The van der Waals surface area contributed by atoms with Gasteiger partial charge in [-0.3, -0.25) is 0 Å². The Hall–Kier alpha value is -0.910. The Labute approximate surface area is 134 Å². The van der Waals surface area contributed by atoms with Crippen LogP contribution in [0.3, 0.4) is 0 Å². The van der Waals surface area contributed by atoms with Crippen molar-refractivity contribution in [1.82, 2.24) is 14.5 Å². The predicted molar refractivity (Wildman–Crippen MR) is 87.6 cm³/mol. The lowest BCUT2D eigenvalue weighted by molar-refractivity contribution is 0.0375. The van der Waals surface area contributed by atoms with E-state index in [0.29, 0.717) is 11.8 Å². The summed E-state index contributed by atoms with van der Waals surface area (Å²) in [5, 5.41) is 10.5. The molecule has 0 aliphatic carbocycles. The van der Waals surface area contributed by atoms with Gasteiger partial charge in [-0.25, -0.2) is 4.98 Å². The van der Waals surface area contributed by atoms with Crippen molar-refractivity contribution in [3.05, 3.63) is 18.2 Å². The molecule has 1 aliphatic rings. The molecule has 1 fully saturated rings. The zero-order chi connectivity index (χ0) is 15.9. The molecule has 126 valence electrons. The van der Waals surface area contributed by atoms with Crippen molar-refractivity contribution in [2.45, 2.75) is 39.2 Å². The van der Waals surface area contributed by atoms with E-state index in [1.807, 2.05) is 17.8 Å². The molecule has 5 heteroatoms. The maximum Gasteiger partial charge on any atom is 0.137 e. The van der Waals surface area contributed by atoms with Gasteiger partial charge in [0.15, 0.2) is 0 Å². The van der Waals surface area contributed by atoms with Crippen LogP contribution in [0.5, 0.6) is 0 Å². The van der Waals surface area contributed by atoms with Crippen molar-refractivity contribution in [2.75, 3.05) is 32.8 Å². The summed E-state index contributed by atoms with van der Waals surface area (Å²) < 4.78 is 7.61. The van der Waals surface area contributed by atoms with Crippen LogP contribution >= 0.6 is 0 Å². The summed E-state index contributed by atoms with van der Waals surface area (Å²) in [5.41, 5.74) is 0. The third-order valence-corrected chi connectivity index (χ3v) is 4.59. The molecule has 0 spiro atoms. The van der Waals surface area contributed by atoms with Gasteiger partial charge in [-0.2, -0.15) is 0 Å². The first-order valence-corrected chi connectivity index (χ1v) is 8.53. The Morgan fingerprint density at radius 3 is 2.64 bits per heavy atom. The average Bonchev–Trinajstić information content (AvgIpc) is 2.92. The standard InChI is InChI=1S/C17H31N3O2/c1-14(2)6-12-22-13-11-20-8-4-15(5-9-20)16(21)17-18-7-10-19(17)3/h7,10,14-16,21H,4-6,8-9,11-13H2,1-3H3. The van der Waals surface area contributed by atoms with Crippen molar-refractivity contribution in [3.63, 3.8) is 0 Å². The van der Waals surface area contributed by atoms with Crippen LogP contribution in [-0.2, 0) is 11.8 Å². The summed E-state index contributed by atoms with van der Waals surface area (Å²) in [6, 6.07) is 0. The molecule has 0 amide bonds. The second kappa shape index (κ2) is 8.65. The highest BCUT2D eigenvalue weighted by Crippen LogP contribution is 2.29. The number of piperidine rings is 1. The van der Waals surface area contributed by atoms with Gasteiger partial charge >= 0.3 is 0 Å². The number of imidazole rings is 1. The van der Waals surface area contributed by atoms with Gasteiger partial charge in [0.25, 0.3) is 0 Å². The molecule has 0 saturated carbocycles. The number of rotatable bonds is 8. The van der Waals surface area contributed by atoms with E-state index in [4.69, 9.17) is 4.74 Å². The smallest absolute Gasteiger partial charge is 0.137 e. The minimum absolute atomic E-state index is 0.319. The van der Waals surface area contributed by atoms with Crippen LogP contribution in [0.1, 0.15) is 45.0 Å². The van der Waals surface area contributed by atoms with E-state index in [1.165, 1.54) is 0 Å². The number of aryl methyl sites for hydroxylation is 1. The third kappa shape index (κ3) is 5.07. The minimum atomic E-state index is -0.440. The van der Waals surface area contributed by atoms with Crippen molar-refractivity contribution in [1.29, 1.82) is 0 Å². The molecule has 2 rings (SSSR count). The molecule has 5 nitrogen and oxygen atoms in total. The van der Waals surface area contributed by atoms with Crippen LogP contribution in [0, 0.1) is 11.8 Å². The van der Waals surface area contributed by atoms with Gasteiger partial charge in [0.2, 0.25) is 0 Å². The van der Waals surface area contributed by atoms with Crippen molar-refractivity contribution < 1.29 is 9.84 Å². The normalized spacial score (nSPS) is 19.0. The zero-order valence-electron chi connectivity index (χ0n) is 14.2. The molecule has 0 radical (unpaired) electrons. The number of aromatic nitrogens is 2. The summed E-state index contributed by atoms with van der Waals surface area (Å²) in [6.45, 7) is 9.22. The molecule has 1 saturated heterocycles. The van der Waals surface area contributed by atoms with E-state index in [2.05, 4.69) is 23.7 Å². The lowest BCUT2D eigenvalue weighted by Crippen LogP contribution is -2.38. The van der Waals surface area contributed by atoms with E-state index in [-0.39, 0.29) is 0 Å². The molecule has 1 aliphatic heterocycles. The van der Waals surface area contributed by atoms with Crippen molar-refractivity contribution in [3.8, 4) is 0 Å². The Morgan fingerprint density at radius 2 is 2.05 bits per heavy atom. The lowest BCUT2D eigenvalue weighted by Gasteiger charge is -2.33. The molecule has 2 heterocycles. The summed E-state index contributed by atoms with van der Waals surface area (Å²) in [7, 11) is 1.94. The van der Waals surface area contributed by atoms with Crippen LogP contribution in [0.25, 0.3) is 0 Å². The Balaban J connectivity index is 1.64. The lowest BCUT2D eigenvalue weighted by atomic mass is 9.91. The first-order valence-electron chi connectivity index (χ1n) is 8.53. The van der Waals surface area contributed by atoms with Crippen LogP contribution in [-0.4, -0.2) is 52.4 Å². The van der Waals surface area contributed by atoms with Crippen LogP contribution in [0.15, 0.2) is 12.4 Å². The molecule has 1 N–H and O–H groups in total. The molecule has 0 bridgehead atoms. The molecule has 1 aromatic heterocycles. The van der Waals surface area contributed by atoms with Gasteiger partial charge in [0.05, 0.1) is 6.61 Å². The first kappa shape index (κ1) is 17.4. The second-order valence-corrected chi connectivity index (χ2v) is 6.82. The fraction of sp³-hybridized carbons (Fsp3) is 0.824. The topological polar surface area (TPSA) is 50.5 Å². The SMILES string of the molecule is CC(C)CCOCCN1CCC(C(O)c2nccn2C)CC1. The second-order valence-electron chi connectivity index (χ2n) is 6.82. The quantitative estimate of drug-likeness (QED) is 0.748. The molecular formula is C17H31N3O2. The number of nitrogens with zero attached hydrogens (tertiary/aromatic N) is 3. The summed E-state index contributed by atoms with van der Waals surface area (Å²) in [5.74, 6) is 1.82. The Bertz CT molecular complexity index is 425. The van der Waals surface area contributed by atoms with Crippen LogP contribution in [0.2, 0.25) is 0 Å². The number of aliphatic hydroxyl groups is 1. The van der Waals surface area contributed by atoms with E-state index in [1.54, 1.807) is 6.20 Å². The Kier molecular flexibility index (Phi) is 6.86. The number of hydrogen-bond acceptors (Lipinski definition) is 4. The van der Waals surface area contributed by atoms with Gasteiger partial charge < -0.3 is 19.3 Å². The van der Waals surface area contributed by atoms with Crippen LogP contribution < -0.4 is 0 Å². The number of ether oxygens (including phenoxy) is 1. The fourth-order valence-electron chi connectivity index (χ4n) is 2.98. The van der Waals surface area contributed by atoms with Gasteiger partial charge in [0.1, 0.15) is 11.9 Å². The maximum absolute atomic E-state index is 10.5. The largest absolute Gasteiger partial charge is 0.385 e. The summed E-state index contributed by atoms with van der Waals surface area (Å²) >= 11 is 0. The summed E-state index contributed by atoms with van der Waals surface area (Å²) in [6.07, 6.45) is 6.40. The highest BCUT2D eigenvalue weighted by molar-refractivity contribution is 4.98. The predicted octanol–water partition coefficient (Wildman–Crippen LogP) is 2.23. The molecule has 1 atom stereocenters. The van der Waals surface area contributed by atoms with Gasteiger partial charge in [-0.05, 0) is 44.2 Å². The molecule has 1 unspecified atom stereocenters.